The zero-order valence-corrected chi connectivity index (χ0v) is 13.1. The first-order chi connectivity index (χ1) is 10.8. The summed E-state index contributed by atoms with van der Waals surface area (Å²) in [5.41, 5.74) is 1.12. The monoisotopic (exact) mass is 303 g/mol. The first-order valence-corrected chi connectivity index (χ1v) is 7.82. The van der Waals surface area contributed by atoms with E-state index in [-0.39, 0.29) is 0 Å². The Balaban J connectivity index is 1.72. The van der Waals surface area contributed by atoms with Crippen LogP contribution in [0, 0.1) is 0 Å². The number of rotatable bonds is 10. The predicted octanol–water partition coefficient (Wildman–Crippen LogP) is 3.07. The summed E-state index contributed by atoms with van der Waals surface area (Å²) < 4.78 is 11.0. The predicted molar refractivity (Wildman–Crippen MR) is 86.4 cm³/mol. The van der Waals surface area contributed by atoms with Crippen LogP contribution in [0.5, 0.6) is 0 Å². The van der Waals surface area contributed by atoms with Crippen LogP contribution in [-0.4, -0.2) is 35.8 Å². The van der Waals surface area contributed by atoms with E-state index >= 15 is 0 Å². The molecule has 4 heteroatoms. The maximum Gasteiger partial charge on any atom is 0.117 e. The third-order valence-electron chi connectivity index (χ3n) is 3.39. The van der Waals surface area contributed by atoms with E-state index in [1.807, 2.05) is 42.5 Å². The lowest BCUT2D eigenvalue weighted by Gasteiger charge is -2.23. The van der Waals surface area contributed by atoms with E-state index in [1.165, 1.54) is 0 Å². The van der Waals surface area contributed by atoms with Crippen LogP contribution < -0.4 is 0 Å². The van der Waals surface area contributed by atoms with Gasteiger partial charge in [-0.3, -0.25) is 4.90 Å². The highest BCUT2D eigenvalue weighted by atomic mass is 16.5. The Hall–Kier alpha value is -1.62. The van der Waals surface area contributed by atoms with Crippen LogP contribution in [0.1, 0.15) is 24.7 Å². The number of aliphatic hydroxyl groups excluding tert-OH is 1. The smallest absolute Gasteiger partial charge is 0.117 e. The number of hydrogen-bond acceptors (Lipinski definition) is 4. The third kappa shape index (κ3) is 6.02. The van der Waals surface area contributed by atoms with E-state index < -0.39 is 6.10 Å². The molecule has 4 nitrogen and oxygen atoms in total. The second-order valence-electron chi connectivity index (χ2n) is 5.47. The van der Waals surface area contributed by atoms with Gasteiger partial charge in [-0.1, -0.05) is 37.3 Å². The van der Waals surface area contributed by atoms with Gasteiger partial charge in [-0.25, -0.2) is 0 Å². The number of hydrogen-bond donors (Lipinski definition) is 1. The van der Waals surface area contributed by atoms with Crippen LogP contribution in [0.3, 0.4) is 0 Å². The minimum atomic E-state index is -0.495. The zero-order chi connectivity index (χ0) is 15.6. The van der Waals surface area contributed by atoms with E-state index in [0.29, 0.717) is 19.8 Å². The topological polar surface area (TPSA) is 45.8 Å². The summed E-state index contributed by atoms with van der Waals surface area (Å²) in [6.45, 7) is 5.24. The molecule has 1 atom stereocenters. The molecule has 2 aromatic rings. The van der Waals surface area contributed by atoms with E-state index in [0.717, 1.165) is 30.8 Å². The highest BCUT2D eigenvalue weighted by molar-refractivity contribution is 5.13. The third-order valence-corrected chi connectivity index (χ3v) is 3.39. The van der Waals surface area contributed by atoms with Gasteiger partial charge in [-0.05, 0) is 30.7 Å². The zero-order valence-electron chi connectivity index (χ0n) is 13.1. The molecule has 0 saturated carbocycles. The van der Waals surface area contributed by atoms with E-state index in [4.69, 9.17) is 9.15 Å². The molecule has 1 aromatic carbocycles. The van der Waals surface area contributed by atoms with Crippen molar-refractivity contribution in [3.63, 3.8) is 0 Å². The number of nitrogens with zero attached hydrogens (tertiary/aromatic N) is 1. The van der Waals surface area contributed by atoms with Gasteiger partial charge in [-0.2, -0.15) is 0 Å². The highest BCUT2D eigenvalue weighted by Crippen LogP contribution is 2.08. The van der Waals surface area contributed by atoms with E-state index in [2.05, 4.69) is 11.8 Å². The van der Waals surface area contributed by atoms with Gasteiger partial charge in [0.25, 0.3) is 0 Å². The summed E-state index contributed by atoms with van der Waals surface area (Å²) >= 11 is 0. The average Bonchev–Trinajstić information content (AvgIpc) is 3.01. The second-order valence-corrected chi connectivity index (χ2v) is 5.47. The molecular weight excluding hydrogens is 278 g/mol. The molecule has 0 saturated heterocycles. The van der Waals surface area contributed by atoms with Crippen LogP contribution in [0.4, 0.5) is 0 Å². The maximum absolute atomic E-state index is 10.2. The fourth-order valence-corrected chi connectivity index (χ4v) is 2.41. The Morgan fingerprint density at radius 3 is 2.68 bits per heavy atom. The molecule has 1 N–H and O–H groups in total. The Labute approximate surface area is 132 Å². The van der Waals surface area contributed by atoms with Crippen molar-refractivity contribution in [3.8, 4) is 0 Å². The van der Waals surface area contributed by atoms with Crippen molar-refractivity contribution in [2.75, 3.05) is 19.7 Å². The lowest BCUT2D eigenvalue weighted by Crippen LogP contribution is -2.35. The van der Waals surface area contributed by atoms with Gasteiger partial charge in [0.1, 0.15) is 5.76 Å². The van der Waals surface area contributed by atoms with Crippen LogP contribution in [0.2, 0.25) is 0 Å². The minimum absolute atomic E-state index is 0.341. The summed E-state index contributed by atoms with van der Waals surface area (Å²) in [5.74, 6) is 0.922. The van der Waals surface area contributed by atoms with Gasteiger partial charge < -0.3 is 14.3 Å². The molecule has 0 radical (unpaired) electrons. The summed E-state index contributed by atoms with van der Waals surface area (Å²) in [5, 5.41) is 10.2. The standard InChI is InChI=1S/C18H25NO3/c1-2-10-19(13-18-9-6-11-22-18)12-17(20)15-21-14-16-7-4-3-5-8-16/h3-9,11,17,20H,2,10,12-15H2,1H3/t17-/m0/s1. The minimum Gasteiger partial charge on any atom is -0.468 e. The highest BCUT2D eigenvalue weighted by Gasteiger charge is 2.13. The maximum atomic E-state index is 10.2. The Kier molecular flexibility index (Phi) is 7.16. The lowest BCUT2D eigenvalue weighted by molar-refractivity contribution is 0.00764. The SMILES string of the molecule is CCCN(Cc1ccco1)C[C@H](O)COCc1ccccc1. The van der Waals surface area contributed by atoms with Gasteiger partial charge in [0.15, 0.2) is 0 Å². The molecule has 0 aliphatic carbocycles. The molecule has 1 aromatic heterocycles. The number of benzene rings is 1. The lowest BCUT2D eigenvalue weighted by atomic mass is 10.2. The van der Waals surface area contributed by atoms with Gasteiger partial charge in [0, 0.05) is 6.54 Å². The summed E-state index contributed by atoms with van der Waals surface area (Å²) in [6.07, 6.45) is 2.22. The Bertz CT molecular complexity index is 498. The van der Waals surface area contributed by atoms with Crippen LogP contribution in [-0.2, 0) is 17.9 Å². The number of aliphatic hydroxyl groups is 1. The molecule has 2 rings (SSSR count). The van der Waals surface area contributed by atoms with Crippen LogP contribution in [0.25, 0.3) is 0 Å². The van der Waals surface area contributed by atoms with Crippen molar-refractivity contribution in [1.29, 1.82) is 0 Å². The van der Waals surface area contributed by atoms with Crippen molar-refractivity contribution in [2.45, 2.75) is 32.6 Å². The summed E-state index contributed by atoms with van der Waals surface area (Å²) in [7, 11) is 0. The fourth-order valence-electron chi connectivity index (χ4n) is 2.41. The van der Waals surface area contributed by atoms with Gasteiger partial charge in [-0.15, -0.1) is 0 Å². The number of ether oxygens (including phenoxy) is 1. The van der Waals surface area contributed by atoms with Crippen LogP contribution in [0.15, 0.2) is 53.1 Å². The molecule has 1 heterocycles. The van der Waals surface area contributed by atoms with Crippen molar-refractivity contribution >= 4 is 0 Å². The Morgan fingerprint density at radius 1 is 1.18 bits per heavy atom. The molecule has 0 aliphatic heterocycles. The first kappa shape index (κ1) is 16.7. The van der Waals surface area contributed by atoms with Crippen molar-refractivity contribution in [3.05, 3.63) is 60.1 Å². The summed E-state index contributed by atoms with van der Waals surface area (Å²) in [4.78, 5) is 2.19. The van der Waals surface area contributed by atoms with E-state index in [1.54, 1.807) is 6.26 Å². The average molecular weight is 303 g/mol. The quantitative estimate of drug-likeness (QED) is 0.733. The van der Waals surface area contributed by atoms with Gasteiger partial charge >= 0.3 is 0 Å². The molecule has 22 heavy (non-hydrogen) atoms. The molecule has 0 aliphatic rings. The molecule has 0 amide bonds. The van der Waals surface area contributed by atoms with E-state index in [9.17, 15) is 5.11 Å². The first-order valence-electron chi connectivity index (χ1n) is 7.82. The van der Waals surface area contributed by atoms with Gasteiger partial charge in [0.2, 0.25) is 0 Å². The normalized spacial score (nSPS) is 12.7. The molecule has 0 fully saturated rings. The second kappa shape index (κ2) is 9.41. The fraction of sp³-hybridized carbons (Fsp3) is 0.444. The number of furan rings is 1. The summed E-state index contributed by atoms with van der Waals surface area (Å²) in [6, 6.07) is 13.8. The van der Waals surface area contributed by atoms with Crippen molar-refractivity contribution < 1.29 is 14.3 Å². The largest absolute Gasteiger partial charge is 0.468 e. The van der Waals surface area contributed by atoms with Gasteiger partial charge in [0.05, 0.1) is 32.1 Å². The molecule has 120 valence electrons. The molecular formula is C18H25NO3. The Morgan fingerprint density at radius 2 is 2.00 bits per heavy atom. The van der Waals surface area contributed by atoms with Crippen LogP contribution >= 0.6 is 0 Å². The van der Waals surface area contributed by atoms with Crippen molar-refractivity contribution in [2.24, 2.45) is 0 Å². The molecule has 0 unspecified atom stereocenters. The molecule has 0 spiro atoms. The molecule has 0 bridgehead atoms. The van der Waals surface area contributed by atoms with Crippen molar-refractivity contribution in [1.82, 2.24) is 4.90 Å².